The number of hydrogen-bond donors (Lipinski definition) is 2. The number of hydrogen-bond acceptors (Lipinski definition) is 5. The summed E-state index contributed by atoms with van der Waals surface area (Å²) in [6.07, 6.45) is 0.507. The molecule has 0 bridgehead atoms. The second kappa shape index (κ2) is 7.76. The number of rotatable bonds is 5. The fraction of sp³-hybridized carbons (Fsp3) is 0.562. The third kappa shape index (κ3) is 4.12. The quantitative estimate of drug-likeness (QED) is 0.825. The number of nitrogens with one attached hydrogen (secondary N) is 1. The summed E-state index contributed by atoms with van der Waals surface area (Å²) in [6, 6.07) is 0. The van der Waals surface area contributed by atoms with Gasteiger partial charge in [0, 0.05) is 37.5 Å². The van der Waals surface area contributed by atoms with Crippen molar-refractivity contribution in [3.05, 3.63) is 16.0 Å². The van der Waals surface area contributed by atoms with Gasteiger partial charge in [0.2, 0.25) is 11.8 Å². The van der Waals surface area contributed by atoms with Crippen LogP contribution in [0, 0.1) is 13.8 Å². The topological polar surface area (TPSA) is 95.7 Å². The lowest BCUT2D eigenvalue weighted by molar-refractivity contribution is -0.132. The Balaban J connectivity index is 1.92. The van der Waals surface area contributed by atoms with Gasteiger partial charge >= 0.3 is 0 Å². The minimum atomic E-state index is -0.529. The van der Waals surface area contributed by atoms with E-state index in [4.69, 9.17) is 5.73 Å². The Hall–Kier alpha value is -1.93. The number of aryl methyl sites for hydroxylation is 1. The van der Waals surface area contributed by atoms with E-state index in [1.54, 1.807) is 0 Å². The summed E-state index contributed by atoms with van der Waals surface area (Å²) >= 11 is 1.36. The Bertz CT molecular complexity index is 648. The maximum atomic E-state index is 12.3. The van der Waals surface area contributed by atoms with E-state index < -0.39 is 5.91 Å². The largest absolute Gasteiger partial charge is 0.365 e. The molecule has 1 fully saturated rings. The first-order chi connectivity index (χ1) is 11.3. The van der Waals surface area contributed by atoms with E-state index in [-0.39, 0.29) is 18.4 Å². The highest BCUT2D eigenvalue weighted by molar-refractivity contribution is 7.16. The zero-order valence-electron chi connectivity index (χ0n) is 14.3. The molecule has 3 amide bonds. The van der Waals surface area contributed by atoms with Gasteiger partial charge in [-0.1, -0.05) is 6.92 Å². The molecule has 0 atom stereocenters. The molecule has 0 aliphatic carbocycles. The summed E-state index contributed by atoms with van der Waals surface area (Å²) in [7, 11) is 0. The lowest BCUT2D eigenvalue weighted by Gasteiger charge is -2.34. The Morgan fingerprint density at radius 3 is 2.33 bits per heavy atom. The van der Waals surface area contributed by atoms with E-state index in [0.29, 0.717) is 43.2 Å². The van der Waals surface area contributed by atoms with Crippen LogP contribution in [0.5, 0.6) is 0 Å². The van der Waals surface area contributed by atoms with E-state index >= 15 is 0 Å². The summed E-state index contributed by atoms with van der Waals surface area (Å²) in [4.78, 5) is 40.3. The summed E-state index contributed by atoms with van der Waals surface area (Å²) < 4.78 is 0. The van der Waals surface area contributed by atoms with Crippen LogP contribution in [0.2, 0.25) is 0 Å². The number of piperazine rings is 1. The van der Waals surface area contributed by atoms with Gasteiger partial charge in [-0.2, -0.15) is 0 Å². The number of primary amides is 1. The number of thiophene rings is 1. The fourth-order valence-electron chi connectivity index (χ4n) is 2.76. The SMILES string of the molecule is CCC(=O)N1CCN(CC(=O)Nc2sc(C)c(C)c2C(N)=O)CC1. The third-order valence-electron chi connectivity index (χ3n) is 4.28. The van der Waals surface area contributed by atoms with Crippen LogP contribution in [0.4, 0.5) is 5.00 Å². The maximum absolute atomic E-state index is 12.3. The molecular formula is C16H24N4O3S. The minimum Gasteiger partial charge on any atom is -0.365 e. The Morgan fingerprint density at radius 1 is 1.17 bits per heavy atom. The van der Waals surface area contributed by atoms with Gasteiger partial charge in [0.15, 0.2) is 0 Å². The van der Waals surface area contributed by atoms with Crippen molar-refractivity contribution in [1.82, 2.24) is 9.80 Å². The second-order valence-corrected chi connectivity index (χ2v) is 7.14. The Morgan fingerprint density at radius 2 is 1.79 bits per heavy atom. The van der Waals surface area contributed by atoms with Crippen molar-refractivity contribution in [3.63, 3.8) is 0 Å². The zero-order valence-corrected chi connectivity index (χ0v) is 15.2. The summed E-state index contributed by atoms with van der Waals surface area (Å²) in [5.74, 6) is -0.553. The molecule has 0 aromatic carbocycles. The van der Waals surface area contributed by atoms with Crippen molar-refractivity contribution in [3.8, 4) is 0 Å². The molecule has 2 rings (SSSR count). The van der Waals surface area contributed by atoms with Crippen molar-refractivity contribution in [2.45, 2.75) is 27.2 Å². The van der Waals surface area contributed by atoms with Gasteiger partial charge in [-0.25, -0.2) is 0 Å². The van der Waals surface area contributed by atoms with Crippen molar-refractivity contribution in [1.29, 1.82) is 0 Å². The number of nitrogens with zero attached hydrogens (tertiary/aromatic N) is 2. The first-order valence-electron chi connectivity index (χ1n) is 8.03. The van der Waals surface area contributed by atoms with Crippen LogP contribution >= 0.6 is 11.3 Å². The van der Waals surface area contributed by atoms with Crippen LogP contribution < -0.4 is 11.1 Å². The molecule has 24 heavy (non-hydrogen) atoms. The van der Waals surface area contributed by atoms with Gasteiger partial charge in [0.05, 0.1) is 12.1 Å². The predicted molar refractivity (Wildman–Crippen MR) is 94.3 cm³/mol. The second-order valence-electron chi connectivity index (χ2n) is 5.91. The smallest absolute Gasteiger partial charge is 0.251 e. The molecule has 0 unspecified atom stereocenters. The molecule has 7 nitrogen and oxygen atoms in total. The lowest BCUT2D eigenvalue weighted by atomic mass is 10.1. The van der Waals surface area contributed by atoms with Gasteiger partial charge in [-0.3, -0.25) is 19.3 Å². The van der Waals surface area contributed by atoms with Gasteiger partial charge < -0.3 is 16.0 Å². The number of nitrogens with two attached hydrogens (primary N) is 1. The molecule has 0 saturated carbocycles. The monoisotopic (exact) mass is 352 g/mol. The highest BCUT2D eigenvalue weighted by Gasteiger charge is 2.23. The standard InChI is InChI=1S/C16H24N4O3S/c1-4-13(22)20-7-5-19(6-8-20)9-12(21)18-16-14(15(17)23)10(2)11(3)24-16/h4-9H2,1-3H3,(H2,17,23)(H,18,21). The van der Waals surface area contributed by atoms with E-state index in [1.807, 2.05) is 30.6 Å². The molecule has 1 aliphatic heterocycles. The zero-order chi connectivity index (χ0) is 17.9. The molecule has 0 spiro atoms. The number of carbonyl (C=O) groups is 3. The average molecular weight is 352 g/mol. The van der Waals surface area contributed by atoms with E-state index in [9.17, 15) is 14.4 Å². The van der Waals surface area contributed by atoms with Crippen LogP contribution in [0.3, 0.4) is 0 Å². The van der Waals surface area contributed by atoms with Crippen molar-refractivity contribution >= 4 is 34.1 Å². The number of amides is 3. The van der Waals surface area contributed by atoms with Crippen molar-refractivity contribution < 1.29 is 14.4 Å². The van der Waals surface area contributed by atoms with Crippen molar-refractivity contribution in [2.75, 3.05) is 38.0 Å². The van der Waals surface area contributed by atoms with Gasteiger partial charge in [0.25, 0.3) is 5.91 Å². The Labute approximate surface area is 145 Å². The van der Waals surface area contributed by atoms with E-state index in [2.05, 4.69) is 5.32 Å². The highest BCUT2D eigenvalue weighted by Crippen LogP contribution is 2.31. The highest BCUT2D eigenvalue weighted by atomic mass is 32.1. The predicted octanol–water partition coefficient (Wildman–Crippen LogP) is 0.957. The van der Waals surface area contributed by atoms with Gasteiger partial charge in [-0.15, -0.1) is 11.3 Å². The summed E-state index contributed by atoms with van der Waals surface area (Å²) in [5, 5.41) is 3.32. The average Bonchev–Trinajstić information content (AvgIpc) is 2.81. The first-order valence-corrected chi connectivity index (χ1v) is 8.84. The summed E-state index contributed by atoms with van der Waals surface area (Å²) in [5.41, 5.74) is 6.62. The van der Waals surface area contributed by atoms with Gasteiger partial charge in [-0.05, 0) is 19.4 Å². The number of carbonyl (C=O) groups excluding carboxylic acids is 3. The molecule has 1 saturated heterocycles. The van der Waals surface area contributed by atoms with E-state index in [0.717, 1.165) is 10.4 Å². The van der Waals surface area contributed by atoms with Gasteiger partial charge in [0.1, 0.15) is 5.00 Å². The van der Waals surface area contributed by atoms with E-state index in [1.165, 1.54) is 11.3 Å². The third-order valence-corrected chi connectivity index (χ3v) is 5.40. The first kappa shape index (κ1) is 18.4. The molecule has 132 valence electrons. The molecule has 1 aromatic heterocycles. The maximum Gasteiger partial charge on any atom is 0.251 e. The summed E-state index contributed by atoms with van der Waals surface area (Å²) in [6.45, 7) is 8.44. The number of anilines is 1. The Kier molecular flexibility index (Phi) is 5.95. The van der Waals surface area contributed by atoms with Crippen LogP contribution in [0.25, 0.3) is 0 Å². The molecular weight excluding hydrogens is 328 g/mol. The fourth-order valence-corrected chi connectivity index (χ4v) is 3.84. The molecule has 2 heterocycles. The van der Waals surface area contributed by atoms with Crippen molar-refractivity contribution in [2.24, 2.45) is 5.73 Å². The molecule has 1 aliphatic rings. The van der Waals surface area contributed by atoms with Crippen LogP contribution in [-0.4, -0.2) is 60.2 Å². The lowest BCUT2D eigenvalue weighted by Crippen LogP contribution is -2.50. The molecule has 8 heteroatoms. The van der Waals surface area contributed by atoms with Crippen LogP contribution in [0.1, 0.15) is 34.1 Å². The minimum absolute atomic E-state index is 0.148. The van der Waals surface area contributed by atoms with Crippen LogP contribution in [0.15, 0.2) is 0 Å². The molecule has 3 N–H and O–H groups in total. The normalized spacial score (nSPS) is 15.4. The molecule has 0 radical (unpaired) electrons. The molecule has 1 aromatic rings. The van der Waals surface area contributed by atoms with Crippen LogP contribution in [-0.2, 0) is 9.59 Å².